The monoisotopic (exact) mass is 185 g/mol. The first-order valence-electron chi connectivity index (χ1n) is 3.68. The smallest absolute Gasteiger partial charge is 0.310 e. The van der Waals surface area contributed by atoms with Crippen LogP contribution in [0.5, 0.6) is 0 Å². The molecule has 0 aromatic heterocycles. The fourth-order valence-electron chi connectivity index (χ4n) is 0.535. The van der Waals surface area contributed by atoms with E-state index in [-0.39, 0.29) is 13.2 Å². The van der Waals surface area contributed by atoms with Gasteiger partial charge in [-0.3, -0.25) is 9.59 Å². The number of aliphatic hydroxyl groups is 1. The Bertz CT molecular complexity index is 234. The first kappa shape index (κ1) is 11.4. The Kier molecular flexibility index (Phi) is 5.23. The standard InChI is InChI=1S/C7H11N3O3/c1-5(4-11)10-7(13)6(12)9-3-2-8/h5,11H,3-4H2,1H3,(H,9,12)(H,10,13)/t5-/m1/s1. The van der Waals surface area contributed by atoms with Crippen molar-refractivity contribution in [3.8, 4) is 6.07 Å². The maximum atomic E-state index is 10.9. The molecule has 3 N–H and O–H groups in total. The molecule has 0 aliphatic rings. The number of nitrogens with zero attached hydrogens (tertiary/aromatic N) is 1. The second-order valence-electron chi connectivity index (χ2n) is 2.40. The molecule has 6 heteroatoms. The largest absolute Gasteiger partial charge is 0.394 e. The second-order valence-corrected chi connectivity index (χ2v) is 2.40. The molecule has 0 unspecified atom stereocenters. The van der Waals surface area contributed by atoms with Gasteiger partial charge in [-0.25, -0.2) is 0 Å². The molecule has 0 fully saturated rings. The third-order valence-corrected chi connectivity index (χ3v) is 1.19. The Morgan fingerprint density at radius 1 is 1.54 bits per heavy atom. The van der Waals surface area contributed by atoms with Gasteiger partial charge in [-0.05, 0) is 6.92 Å². The maximum absolute atomic E-state index is 10.9. The molecule has 1 atom stereocenters. The number of carbonyl (C=O) groups excluding carboxylic acids is 2. The van der Waals surface area contributed by atoms with Gasteiger partial charge in [0.2, 0.25) is 0 Å². The molecule has 0 aliphatic heterocycles. The first-order valence-corrected chi connectivity index (χ1v) is 3.68. The van der Waals surface area contributed by atoms with E-state index < -0.39 is 17.9 Å². The zero-order valence-corrected chi connectivity index (χ0v) is 7.20. The van der Waals surface area contributed by atoms with E-state index in [1.54, 1.807) is 13.0 Å². The lowest BCUT2D eigenvalue weighted by atomic mass is 10.3. The first-order chi connectivity index (χ1) is 6.11. The lowest BCUT2D eigenvalue weighted by Gasteiger charge is -2.09. The zero-order chi connectivity index (χ0) is 10.3. The van der Waals surface area contributed by atoms with Crippen LogP contribution in [0.15, 0.2) is 0 Å². The van der Waals surface area contributed by atoms with Crippen LogP contribution in [0.3, 0.4) is 0 Å². The number of carbonyl (C=O) groups is 2. The van der Waals surface area contributed by atoms with Crippen LogP contribution in [-0.2, 0) is 9.59 Å². The molecule has 0 rings (SSSR count). The highest BCUT2D eigenvalue weighted by atomic mass is 16.3. The molecular weight excluding hydrogens is 174 g/mol. The molecular formula is C7H11N3O3. The molecule has 72 valence electrons. The van der Waals surface area contributed by atoms with Gasteiger partial charge >= 0.3 is 11.8 Å². The molecule has 2 amide bonds. The molecule has 0 aromatic rings. The van der Waals surface area contributed by atoms with Gasteiger partial charge in [-0.15, -0.1) is 0 Å². The van der Waals surface area contributed by atoms with Crippen molar-refractivity contribution in [3.63, 3.8) is 0 Å². The molecule has 6 nitrogen and oxygen atoms in total. The van der Waals surface area contributed by atoms with E-state index in [0.717, 1.165) is 0 Å². The summed E-state index contributed by atoms with van der Waals surface area (Å²) in [6, 6.07) is 1.19. The minimum absolute atomic E-state index is 0.209. The summed E-state index contributed by atoms with van der Waals surface area (Å²) >= 11 is 0. The van der Waals surface area contributed by atoms with E-state index in [1.165, 1.54) is 0 Å². The van der Waals surface area contributed by atoms with Crippen molar-refractivity contribution < 1.29 is 14.7 Å². The summed E-state index contributed by atoms with van der Waals surface area (Å²) in [7, 11) is 0. The molecule has 0 saturated carbocycles. The van der Waals surface area contributed by atoms with E-state index >= 15 is 0 Å². The van der Waals surface area contributed by atoms with Crippen molar-refractivity contribution in [2.45, 2.75) is 13.0 Å². The SMILES string of the molecule is C[C@H](CO)NC(=O)C(=O)NCC#N. The highest BCUT2D eigenvalue weighted by Crippen LogP contribution is 1.78. The Balaban J connectivity index is 3.84. The van der Waals surface area contributed by atoms with Crippen LogP contribution >= 0.6 is 0 Å². The van der Waals surface area contributed by atoms with Crippen LogP contribution < -0.4 is 10.6 Å². The predicted molar refractivity (Wildman–Crippen MR) is 43.3 cm³/mol. The van der Waals surface area contributed by atoms with E-state index in [0.29, 0.717) is 0 Å². The van der Waals surface area contributed by atoms with Gasteiger partial charge in [-0.2, -0.15) is 5.26 Å². The number of hydrogen-bond acceptors (Lipinski definition) is 4. The average molecular weight is 185 g/mol. The number of aliphatic hydroxyl groups excluding tert-OH is 1. The Hall–Kier alpha value is -1.61. The average Bonchev–Trinajstić information content (AvgIpc) is 2.13. The minimum Gasteiger partial charge on any atom is -0.394 e. The summed E-state index contributed by atoms with van der Waals surface area (Å²) in [4.78, 5) is 21.7. The topological polar surface area (TPSA) is 102 Å². The van der Waals surface area contributed by atoms with Crippen LogP contribution in [0.2, 0.25) is 0 Å². The van der Waals surface area contributed by atoms with Crippen molar-refractivity contribution >= 4 is 11.8 Å². The van der Waals surface area contributed by atoms with Crippen LogP contribution in [0.1, 0.15) is 6.92 Å². The Morgan fingerprint density at radius 2 is 2.15 bits per heavy atom. The molecule has 13 heavy (non-hydrogen) atoms. The van der Waals surface area contributed by atoms with E-state index in [2.05, 4.69) is 10.6 Å². The molecule has 0 heterocycles. The molecule has 0 aliphatic carbocycles. The quantitative estimate of drug-likeness (QED) is 0.354. The molecule has 0 radical (unpaired) electrons. The third kappa shape index (κ3) is 4.76. The fourth-order valence-corrected chi connectivity index (χ4v) is 0.535. The van der Waals surface area contributed by atoms with E-state index in [4.69, 9.17) is 10.4 Å². The Labute approximate surface area is 75.5 Å². The van der Waals surface area contributed by atoms with Crippen molar-refractivity contribution in [3.05, 3.63) is 0 Å². The van der Waals surface area contributed by atoms with Gasteiger partial charge in [0.25, 0.3) is 0 Å². The van der Waals surface area contributed by atoms with Gasteiger partial charge in [0.15, 0.2) is 0 Å². The van der Waals surface area contributed by atoms with Crippen LogP contribution in [0.4, 0.5) is 0 Å². The van der Waals surface area contributed by atoms with E-state index in [1.807, 2.05) is 0 Å². The summed E-state index contributed by atoms with van der Waals surface area (Å²) in [5.74, 6) is -1.72. The van der Waals surface area contributed by atoms with Crippen LogP contribution in [-0.4, -0.2) is 36.1 Å². The number of amides is 2. The normalized spacial score (nSPS) is 11.2. The number of rotatable bonds is 3. The van der Waals surface area contributed by atoms with E-state index in [9.17, 15) is 9.59 Å². The van der Waals surface area contributed by atoms with Crippen molar-refractivity contribution in [1.29, 1.82) is 5.26 Å². The summed E-state index contributed by atoms with van der Waals surface area (Å²) < 4.78 is 0. The lowest BCUT2D eigenvalue weighted by molar-refractivity contribution is -0.139. The summed E-state index contributed by atoms with van der Waals surface area (Å²) in [5, 5.41) is 20.9. The predicted octanol–water partition coefficient (Wildman–Crippen LogP) is -1.88. The van der Waals surface area contributed by atoms with Crippen molar-refractivity contribution in [2.24, 2.45) is 0 Å². The maximum Gasteiger partial charge on any atom is 0.310 e. The van der Waals surface area contributed by atoms with Crippen LogP contribution in [0, 0.1) is 11.3 Å². The fraction of sp³-hybridized carbons (Fsp3) is 0.571. The van der Waals surface area contributed by atoms with Crippen molar-refractivity contribution in [1.82, 2.24) is 10.6 Å². The lowest BCUT2D eigenvalue weighted by Crippen LogP contribution is -2.44. The number of nitriles is 1. The third-order valence-electron chi connectivity index (χ3n) is 1.19. The number of hydrogen-bond donors (Lipinski definition) is 3. The summed E-state index contributed by atoms with van der Waals surface area (Å²) in [6.07, 6.45) is 0. The summed E-state index contributed by atoms with van der Waals surface area (Å²) in [5.41, 5.74) is 0. The zero-order valence-electron chi connectivity index (χ0n) is 7.20. The highest BCUT2D eigenvalue weighted by Gasteiger charge is 2.14. The van der Waals surface area contributed by atoms with Gasteiger partial charge < -0.3 is 15.7 Å². The molecule has 0 saturated heterocycles. The van der Waals surface area contributed by atoms with Gasteiger partial charge in [0.05, 0.1) is 12.7 Å². The Morgan fingerprint density at radius 3 is 2.62 bits per heavy atom. The van der Waals surface area contributed by atoms with Crippen molar-refractivity contribution in [2.75, 3.05) is 13.2 Å². The molecule has 0 bridgehead atoms. The van der Waals surface area contributed by atoms with Crippen LogP contribution in [0.25, 0.3) is 0 Å². The summed E-state index contributed by atoms with van der Waals surface area (Å²) in [6.45, 7) is 1.10. The molecule has 0 aromatic carbocycles. The highest BCUT2D eigenvalue weighted by molar-refractivity contribution is 6.35. The van der Waals surface area contributed by atoms with Gasteiger partial charge in [0.1, 0.15) is 6.54 Å². The van der Waals surface area contributed by atoms with Gasteiger partial charge in [0, 0.05) is 6.04 Å². The number of nitrogens with one attached hydrogen (secondary N) is 2. The second kappa shape index (κ2) is 5.97. The van der Waals surface area contributed by atoms with Gasteiger partial charge in [-0.1, -0.05) is 0 Å². The minimum atomic E-state index is -0.873. The molecule has 0 spiro atoms.